The van der Waals surface area contributed by atoms with Gasteiger partial charge in [0.1, 0.15) is 0 Å². The maximum atomic E-state index is 3.17. The average Bonchev–Trinajstić information content (AvgIpc) is 2.63. The molecule has 80 valence electrons. The minimum atomic E-state index is 0.824. The molecule has 1 rings (SSSR count). The zero-order chi connectivity index (χ0) is 10.4. The molecule has 0 aliphatic heterocycles. The zero-order valence-corrected chi connectivity index (χ0v) is 9.59. The second-order valence-electron chi connectivity index (χ2n) is 3.93. The maximum absolute atomic E-state index is 3.17. The summed E-state index contributed by atoms with van der Waals surface area (Å²) in [6.45, 7) is 6.67. The third-order valence-corrected chi connectivity index (χ3v) is 2.82. The van der Waals surface area contributed by atoms with Crippen LogP contribution >= 0.6 is 0 Å². The number of aromatic nitrogens is 1. The fourth-order valence-corrected chi connectivity index (χ4v) is 1.76. The van der Waals surface area contributed by atoms with Crippen LogP contribution in [0, 0.1) is 5.92 Å². The highest BCUT2D eigenvalue weighted by atomic mass is 14.9. The molecule has 0 bridgehead atoms. The molecule has 1 N–H and O–H groups in total. The van der Waals surface area contributed by atoms with E-state index < -0.39 is 0 Å². The molecule has 0 fully saturated rings. The number of nitrogens with zero attached hydrogens (tertiary/aromatic N) is 1. The summed E-state index contributed by atoms with van der Waals surface area (Å²) in [5.41, 5.74) is 1.37. The quantitative estimate of drug-likeness (QED) is 0.736. The number of hydrogen-bond acceptors (Lipinski definition) is 1. The van der Waals surface area contributed by atoms with E-state index in [1.807, 2.05) is 7.05 Å². The second-order valence-corrected chi connectivity index (χ2v) is 3.93. The molecule has 0 aliphatic rings. The van der Waals surface area contributed by atoms with E-state index >= 15 is 0 Å². The van der Waals surface area contributed by atoms with Crippen LogP contribution in [0.2, 0.25) is 0 Å². The summed E-state index contributed by atoms with van der Waals surface area (Å²) in [6.07, 6.45) is 6.98. The van der Waals surface area contributed by atoms with Crippen molar-refractivity contribution in [2.45, 2.75) is 39.8 Å². The largest absolute Gasteiger partial charge is 0.354 e. The van der Waals surface area contributed by atoms with Gasteiger partial charge in [0, 0.05) is 25.5 Å². The summed E-state index contributed by atoms with van der Waals surface area (Å²) < 4.78 is 2.31. The van der Waals surface area contributed by atoms with Crippen molar-refractivity contribution in [2.75, 3.05) is 7.05 Å². The van der Waals surface area contributed by atoms with E-state index in [0.29, 0.717) is 0 Å². The first-order valence-corrected chi connectivity index (χ1v) is 5.59. The first-order valence-electron chi connectivity index (χ1n) is 5.59. The summed E-state index contributed by atoms with van der Waals surface area (Å²) in [4.78, 5) is 0. The normalized spacial score (nSPS) is 11.1. The van der Waals surface area contributed by atoms with Crippen molar-refractivity contribution < 1.29 is 0 Å². The Morgan fingerprint density at radius 1 is 1.36 bits per heavy atom. The summed E-state index contributed by atoms with van der Waals surface area (Å²) in [6, 6.07) is 2.19. The zero-order valence-electron chi connectivity index (χ0n) is 9.59. The highest BCUT2D eigenvalue weighted by Gasteiger charge is 2.04. The highest BCUT2D eigenvalue weighted by molar-refractivity contribution is 5.09. The van der Waals surface area contributed by atoms with Crippen molar-refractivity contribution in [3.8, 4) is 0 Å². The molecule has 0 aliphatic carbocycles. The van der Waals surface area contributed by atoms with E-state index in [9.17, 15) is 0 Å². The fraction of sp³-hybridized carbons (Fsp3) is 0.667. The highest BCUT2D eigenvalue weighted by Crippen LogP contribution is 2.12. The van der Waals surface area contributed by atoms with E-state index in [1.54, 1.807) is 0 Å². The summed E-state index contributed by atoms with van der Waals surface area (Å²) in [7, 11) is 1.98. The van der Waals surface area contributed by atoms with Crippen molar-refractivity contribution in [1.82, 2.24) is 9.88 Å². The minimum Gasteiger partial charge on any atom is -0.354 e. The van der Waals surface area contributed by atoms with E-state index in [2.05, 4.69) is 42.2 Å². The van der Waals surface area contributed by atoms with Gasteiger partial charge in [-0.05, 0) is 24.6 Å². The Morgan fingerprint density at radius 2 is 2.07 bits per heavy atom. The summed E-state index contributed by atoms with van der Waals surface area (Å²) >= 11 is 0. The third kappa shape index (κ3) is 3.18. The van der Waals surface area contributed by atoms with Crippen LogP contribution in [0.25, 0.3) is 0 Å². The van der Waals surface area contributed by atoms with Crippen molar-refractivity contribution in [2.24, 2.45) is 5.92 Å². The van der Waals surface area contributed by atoms with Gasteiger partial charge in [0.15, 0.2) is 0 Å². The number of hydrogen-bond donors (Lipinski definition) is 1. The predicted octanol–water partition coefficient (Wildman–Crippen LogP) is 2.64. The maximum Gasteiger partial charge on any atom is 0.0247 e. The molecule has 0 atom stereocenters. The van der Waals surface area contributed by atoms with Gasteiger partial charge in [0.2, 0.25) is 0 Å². The van der Waals surface area contributed by atoms with Crippen LogP contribution in [0.1, 0.15) is 32.3 Å². The van der Waals surface area contributed by atoms with Gasteiger partial charge in [-0.25, -0.2) is 0 Å². The molecule has 1 heterocycles. The second kappa shape index (κ2) is 5.86. The molecule has 0 unspecified atom stereocenters. The molecular formula is C12H22N2. The van der Waals surface area contributed by atoms with Crippen molar-refractivity contribution in [3.05, 3.63) is 24.0 Å². The minimum absolute atomic E-state index is 0.824. The lowest BCUT2D eigenvalue weighted by molar-refractivity contribution is 0.419. The van der Waals surface area contributed by atoms with Crippen LogP contribution < -0.4 is 5.32 Å². The van der Waals surface area contributed by atoms with Crippen LogP contribution in [0.15, 0.2) is 18.5 Å². The molecule has 0 amide bonds. The van der Waals surface area contributed by atoms with Crippen LogP contribution in [0.4, 0.5) is 0 Å². The van der Waals surface area contributed by atoms with E-state index in [1.165, 1.54) is 18.4 Å². The first kappa shape index (κ1) is 11.3. The Labute approximate surface area is 87.3 Å². The van der Waals surface area contributed by atoms with Gasteiger partial charge in [-0.2, -0.15) is 0 Å². The molecule has 2 heteroatoms. The standard InChI is InChI=1S/C12H22N2/c1-4-11(5-2)9-14-7-6-12(10-14)8-13-3/h6-7,10-11,13H,4-5,8-9H2,1-3H3. The lowest BCUT2D eigenvalue weighted by Crippen LogP contribution is -2.08. The molecule has 2 nitrogen and oxygen atoms in total. The van der Waals surface area contributed by atoms with E-state index in [4.69, 9.17) is 0 Å². The van der Waals surface area contributed by atoms with E-state index in [0.717, 1.165) is 19.0 Å². The van der Waals surface area contributed by atoms with Gasteiger partial charge in [-0.1, -0.05) is 26.7 Å². The molecule has 1 aromatic rings. The van der Waals surface area contributed by atoms with Gasteiger partial charge < -0.3 is 9.88 Å². The molecule has 0 aromatic carbocycles. The van der Waals surface area contributed by atoms with E-state index in [-0.39, 0.29) is 0 Å². The van der Waals surface area contributed by atoms with Gasteiger partial charge in [-0.15, -0.1) is 0 Å². The first-order chi connectivity index (χ1) is 6.80. The Bertz CT molecular complexity index is 249. The van der Waals surface area contributed by atoms with Gasteiger partial charge >= 0.3 is 0 Å². The summed E-state index contributed by atoms with van der Waals surface area (Å²) in [5.74, 6) is 0.824. The predicted molar refractivity (Wildman–Crippen MR) is 61.3 cm³/mol. The lowest BCUT2D eigenvalue weighted by Gasteiger charge is -2.12. The molecule has 14 heavy (non-hydrogen) atoms. The van der Waals surface area contributed by atoms with Crippen LogP contribution in [-0.4, -0.2) is 11.6 Å². The Morgan fingerprint density at radius 3 is 2.64 bits per heavy atom. The monoisotopic (exact) mass is 194 g/mol. The molecule has 0 saturated carbocycles. The SMILES string of the molecule is CCC(CC)Cn1ccc(CNC)c1. The Kier molecular flexibility index (Phi) is 4.74. The number of rotatable bonds is 6. The van der Waals surface area contributed by atoms with Crippen LogP contribution in [0.5, 0.6) is 0 Å². The van der Waals surface area contributed by atoms with Crippen molar-refractivity contribution in [3.63, 3.8) is 0 Å². The van der Waals surface area contributed by atoms with Crippen molar-refractivity contribution >= 4 is 0 Å². The van der Waals surface area contributed by atoms with Gasteiger partial charge in [0.25, 0.3) is 0 Å². The third-order valence-electron chi connectivity index (χ3n) is 2.82. The molecule has 0 spiro atoms. The van der Waals surface area contributed by atoms with Gasteiger partial charge in [-0.3, -0.25) is 0 Å². The average molecular weight is 194 g/mol. The summed E-state index contributed by atoms with van der Waals surface area (Å²) in [5, 5.41) is 3.17. The molecule has 0 radical (unpaired) electrons. The Hall–Kier alpha value is -0.760. The lowest BCUT2D eigenvalue weighted by atomic mass is 10.0. The Balaban J connectivity index is 2.49. The fourth-order valence-electron chi connectivity index (χ4n) is 1.76. The van der Waals surface area contributed by atoms with Gasteiger partial charge in [0.05, 0.1) is 0 Å². The van der Waals surface area contributed by atoms with Crippen LogP contribution in [-0.2, 0) is 13.1 Å². The smallest absolute Gasteiger partial charge is 0.0247 e. The molecule has 1 aromatic heterocycles. The number of nitrogens with one attached hydrogen (secondary N) is 1. The van der Waals surface area contributed by atoms with Crippen LogP contribution in [0.3, 0.4) is 0 Å². The van der Waals surface area contributed by atoms with Crippen molar-refractivity contribution in [1.29, 1.82) is 0 Å². The molecular weight excluding hydrogens is 172 g/mol. The molecule has 0 saturated heterocycles. The topological polar surface area (TPSA) is 17.0 Å².